The second-order valence-electron chi connectivity index (χ2n) is 2.30. The fourth-order valence-corrected chi connectivity index (χ4v) is 0.887. The monoisotopic (exact) mass is 180 g/mol. The summed E-state index contributed by atoms with van der Waals surface area (Å²) in [7, 11) is 0. The molecule has 0 aromatic heterocycles. The van der Waals surface area contributed by atoms with Gasteiger partial charge >= 0.3 is 6.09 Å². The van der Waals surface area contributed by atoms with Crippen LogP contribution in [0.4, 0.5) is 10.5 Å². The Morgan fingerprint density at radius 3 is 2.92 bits per heavy atom. The van der Waals surface area contributed by atoms with Crippen molar-refractivity contribution in [3.8, 4) is 0 Å². The van der Waals surface area contributed by atoms with Crippen molar-refractivity contribution in [2.24, 2.45) is 5.16 Å². The van der Waals surface area contributed by atoms with Gasteiger partial charge < -0.3 is 10.3 Å². The van der Waals surface area contributed by atoms with Gasteiger partial charge in [-0.15, -0.1) is 0 Å². The van der Waals surface area contributed by atoms with Crippen LogP contribution in [0, 0.1) is 0 Å². The van der Waals surface area contributed by atoms with E-state index < -0.39 is 6.09 Å². The number of amides is 1. The van der Waals surface area contributed by atoms with E-state index in [0.717, 1.165) is 0 Å². The lowest BCUT2D eigenvalue weighted by atomic mass is 10.2. The molecule has 5 heteroatoms. The zero-order valence-electron chi connectivity index (χ0n) is 6.64. The number of oxime groups is 1. The first kappa shape index (κ1) is 9.05. The van der Waals surface area contributed by atoms with E-state index in [-0.39, 0.29) is 0 Å². The van der Waals surface area contributed by atoms with E-state index in [9.17, 15) is 4.79 Å². The first-order valence-corrected chi connectivity index (χ1v) is 3.50. The summed E-state index contributed by atoms with van der Waals surface area (Å²) in [6.45, 7) is 0. The van der Waals surface area contributed by atoms with Crippen molar-refractivity contribution in [2.45, 2.75) is 0 Å². The molecule has 0 heterocycles. The number of benzene rings is 1. The van der Waals surface area contributed by atoms with Crippen LogP contribution in [0.5, 0.6) is 0 Å². The van der Waals surface area contributed by atoms with Crippen LogP contribution in [0.25, 0.3) is 0 Å². The van der Waals surface area contributed by atoms with E-state index in [0.29, 0.717) is 11.3 Å². The number of carboxylic acid groups (broad SMARTS) is 1. The molecule has 0 saturated carbocycles. The van der Waals surface area contributed by atoms with Crippen molar-refractivity contribution >= 4 is 18.0 Å². The normalized spacial score (nSPS) is 10.2. The second-order valence-corrected chi connectivity index (χ2v) is 2.30. The minimum Gasteiger partial charge on any atom is -0.465 e. The van der Waals surface area contributed by atoms with Gasteiger partial charge in [0.2, 0.25) is 0 Å². The lowest BCUT2D eigenvalue weighted by Crippen LogP contribution is -2.07. The Labute approximate surface area is 74.3 Å². The summed E-state index contributed by atoms with van der Waals surface area (Å²) in [6, 6.07) is 6.49. The Morgan fingerprint density at radius 2 is 2.31 bits per heavy atom. The van der Waals surface area contributed by atoms with Crippen LogP contribution >= 0.6 is 0 Å². The molecule has 68 valence electrons. The zero-order chi connectivity index (χ0) is 9.68. The van der Waals surface area contributed by atoms with E-state index in [1.54, 1.807) is 24.3 Å². The summed E-state index contributed by atoms with van der Waals surface area (Å²) in [5.74, 6) is 0. The Hall–Kier alpha value is -2.04. The van der Waals surface area contributed by atoms with Crippen LogP contribution in [0.3, 0.4) is 0 Å². The molecule has 0 fully saturated rings. The molecular weight excluding hydrogens is 172 g/mol. The predicted octanol–water partition coefficient (Wildman–Crippen LogP) is 1.58. The molecular formula is C8H8N2O3. The molecule has 3 N–H and O–H groups in total. The van der Waals surface area contributed by atoms with Crippen LogP contribution in [0.1, 0.15) is 5.56 Å². The number of nitrogens with zero attached hydrogens (tertiary/aromatic N) is 1. The van der Waals surface area contributed by atoms with Gasteiger partial charge in [0, 0.05) is 5.69 Å². The molecule has 1 amide bonds. The lowest BCUT2D eigenvalue weighted by Gasteiger charge is -2.00. The number of rotatable bonds is 2. The highest BCUT2D eigenvalue weighted by molar-refractivity contribution is 5.86. The summed E-state index contributed by atoms with van der Waals surface area (Å²) in [6.07, 6.45) is 0.0885. The van der Waals surface area contributed by atoms with Crippen LogP contribution in [0.15, 0.2) is 29.4 Å². The first-order valence-electron chi connectivity index (χ1n) is 3.50. The average molecular weight is 180 g/mol. The molecule has 0 aliphatic carbocycles. The first-order chi connectivity index (χ1) is 6.22. The highest BCUT2D eigenvalue weighted by atomic mass is 16.4. The van der Waals surface area contributed by atoms with Crippen molar-refractivity contribution in [3.05, 3.63) is 29.8 Å². The van der Waals surface area contributed by atoms with Crippen molar-refractivity contribution in [3.63, 3.8) is 0 Å². The van der Waals surface area contributed by atoms with Crippen molar-refractivity contribution in [1.82, 2.24) is 0 Å². The van der Waals surface area contributed by atoms with Crippen LogP contribution in [-0.2, 0) is 0 Å². The molecule has 0 atom stereocenters. The summed E-state index contributed by atoms with van der Waals surface area (Å²) in [4.78, 5) is 10.2. The van der Waals surface area contributed by atoms with Gasteiger partial charge in [0.25, 0.3) is 0 Å². The van der Waals surface area contributed by atoms with Gasteiger partial charge in [-0.05, 0) is 17.7 Å². The molecule has 1 aromatic carbocycles. The maximum Gasteiger partial charge on any atom is 0.409 e. The lowest BCUT2D eigenvalue weighted by molar-refractivity contribution is 0.210. The van der Waals surface area contributed by atoms with Gasteiger partial charge in [-0.1, -0.05) is 17.3 Å². The standard InChI is InChI=1S/C8H8N2O3/c11-8(12)10-7-3-1-2-6(4-7)5-9-13/h1-5,10,13H,(H,11,12). The van der Waals surface area contributed by atoms with E-state index in [1.807, 2.05) is 0 Å². The molecule has 0 radical (unpaired) electrons. The third-order valence-electron chi connectivity index (χ3n) is 1.34. The number of anilines is 1. The molecule has 0 aliphatic heterocycles. The maximum atomic E-state index is 10.2. The summed E-state index contributed by atoms with van der Waals surface area (Å²) in [5.41, 5.74) is 1.05. The third-order valence-corrected chi connectivity index (χ3v) is 1.34. The molecule has 0 aliphatic rings. The van der Waals surface area contributed by atoms with E-state index in [4.69, 9.17) is 10.3 Å². The molecule has 5 nitrogen and oxygen atoms in total. The van der Waals surface area contributed by atoms with Gasteiger partial charge in [0.1, 0.15) is 0 Å². The summed E-state index contributed by atoms with van der Waals surface area (Å²) < 4.78 is 0. The van der Waals surface area contributed by atoms with E-state index in [2.05, 4.69) is 10.5 Å². The number of carbonyl (C=O) groups is 1. The zero-order valence-corrected chi connectivity index (χ0v) is 6.64. The second kappa shape index (κ2) is 4.10. The Kier molecular flexibility index (Phi) is 2.86. The van der Waals surface area contributed by atoms with Gasteiger partial charge in [-0.3, -0.25) is 5.32 Å². The van der Waals surface area contributed by atoms with Crippen LogP contribution in [0.2, 0.25) is 0 Å². The molecule has 0 unspecified atom stereocenters. The molecule has 1 aromatic rings. The minimum atomic E-state index is -1.13. The molecule has 1 rings (SSSR count). The Morgan fingerprint density at radius 1 is 1.54 bits per heavy atom. The van der Waals surface area contributed by atoms with E-state index in [1.165, 1.54) is 6.21 Å². The smallest absolute Gasteiger partial charge is 0.409 e. The quantitative estimate of drug-likeness (QED) is 0.367. The highest BCUT2D eigenvalue weighted by Gasteiger charge is 1.97. The maximum absolute atomic E-state index is 10.2. The van der Waals surface area contributed by atoms with E-state index >= 15 is 0 Å². The fraction of sp³-hybridized carbons (Fsp3) is 0. The van der Waals surface area contributed by atoms with Crippen LogP contribution < -0.4 is 5.32 Å². The van der Waals surface area contributed by atoms with Crippen LogP contribution in [-0.4, -0.2) is 22.6 Å². The predicted molar refractivity (Wildman–Crippen MR) is 47.5 cm³/mol. The summed E-state index contributed by atoms with van der Waals surface area (Å²) >= 11 is 0. The third kappa shape index (κ3) is 2.82. The minimum absolute atomic E-state index is 0.435. The van der Waals surface area contributed by atoms with Gasteiger partial charge in [-0.2, -0.15) is 0 Å². The van der Waals surface area contributed by atoms with Crippen molar-refractivity contribution in [1.29, 1.82) is 0 Å². The number of hydrogen-bond acceptors (Lipinski definition) is 3. The largest absolute Gasteiger partial charge is 0.465 e. The molecule has 0 bridgehead atoms. The number of nitrogens with one attached hydrogen (secondary N) is 1. The topological polar surface area (TPSA) is 81.9 Å². The van der Waals surface area contributed by atoms with Crippen molar-refractivity contribution < 1.29 is 15.1 Å². The van der Waals surface area contributed by atoms with Crippen molar-refractivity contribution in [2.75, 3.05) is 5.32 Å². The fourth-order valence-electron chi connectivity index (χ4n) is 0.887. The van der Waals surface area contributed by atoms with Gasteiger partial charge in [0.05, 0.1) is 6.21 Å². The van der Waals surface area contributed by atoms with Gasteiger partial charge in [0.15, 0.2) is 0 Å². The molecule has 0 spiro atoms. The number of hydrogen-bond donors (Lipinski definition) is 3. The average Bonchev–Trinajstić information content (AvgIpc) is 2.04. The highest BCUT2D eigenvalue weighted by Crippen LogP contribution is 2.08. The SMILES string of the molecule is O=C(O)Nc1cccc(C=NO)c1. The molecule has 0 saturated heterocycles. The molecule has 13 heavy (non-hydrogen) atoms. The Balaban J connectivity index is 2.85. The Bertz CT molecular complexity index is 336. The van der Waals surface area contributed by atoms with Gasteiger partial charge in [-0.25, -0.2) is 4.79 Å². The summed E-state index contributed by atoms with van der Waals surface area (Å²) in [5, 5.41) is 21.6.